The number of benzene rings is 3. The number of ether oxygens (including phenoxy) is 1. The summed E-state index contributed by atoms with van der Waals surface area (Å²) < 4.78 is 19.6. The van der Waals surface area contributed by atoms with Gasteiger partial charge in [-0.3, -0.25) is 4.79 Å². The molecular weight excluding hydrogens is 447 g/mol. The van der Waals surface area contributed by atoms with Crippen LogP contribution in [0.25, 0.3) is 21.7 Å². The first-order valence-corrected chi connectivity index (χ1v) is 10.8. The molecule has 3 aromatic carbocycles. The van der Waals surface area contributed by atoms with Gasteiger partial charge >= 0.3 is 0 Å². The Kier molecular flexibility index (Phi) is 5.58. The average molecular weight is 468 g/mol. The number of nitrogens with one attached hydrogen (secondary N) is 2. The van der Waals surface area contributed by atoms with Crippen molar-refractivity contribution in [2.75, 3.05) is 23.5 Å². The van der Waals surface area contributed by atoms with E-state index in [1.165, 1.54) is 19.5 Å². The number of hydrogen-bond donors (Lipinski definition) is 3. The van der Waals surface area contributed by atoms with Gasteiger partial charge in [-0.25, -0.2) is 19.3 Å². The van der Waals surface area contributed by atoms with Crippen molar-refractivity contribution in [1.29, 1.82) is 0 Å². The third kappa shape index (κ3) is 4.04. The van der Waals surface area contributed by atoms with Crippen LogP contribution in [0, 0.1) is 12.7 Å². The molecule has 35 heavy (non-hydrogen) atoms. The van der Waals surface area contributed by atoms with Crippen molar-refractivity contribution in [2.45, 2.75) is 6.92 Å². The van der Waals surface area contributed by atoms with Gasteiger partial charge in [0, 0.05) is 28.4 Å². The first-order valence-electron chi connectivity index (χ1n) is 10.8. The molecule has 0 aliphatic heterocycles. The first-order chi connectivity index (χ1) is 17.0. The number of aromatic nitrogens is 3. The smallest absolute Gasteiger partial charge is 0.257 e. The second kappa shape index (κ2) is 8.86. The number of pyridine rings is 1. The molecule has 1 amide bonds. The monoisotopic (exact) mass is 468 g/mol. The lowest BCUT2D eigenvalue weighted by Gasteiger charge is -2.16. The van der Waals surface area contributed by atoms with Gasteiger partial charge in [0.25, 0.3) is 5.91 Å². The van der Waals surface area contributed by atoms with Crippen molar-refractivity contribution in [1.82, 2.24) is 15.0 Å². The summed E-state index contributed by atoms with van der Waals surface area (Å²) in [7, 11) is 1.52. The third-order valence-electron chi connectivity index (χ3n) is 5.76. The van der Waals surface area contributed by atoms with E-state index < -0.39 is 5.82 Å². The zero-order valence-electron chi connectivity index (χ0n) is 19.0. The van der Waals surface area contributed by atoms with Crippen LogP contribution in [0.2, 0.25) is 0 Å². The summed E-state index contributed by atoms with van der Waals surface area (Å²) in [5.41, 5.74) is 8.48. The standard InChI is InChI=1S/C26H21FN6O2/c1-14-6-8-17-16(10-11-29-25(17)32-21-12-15(35-2)7-9-20(21)27)22(14)33-26(34)19-5-3-4-18-23(19)30-13-31-24(18)28/h3-13H,1-2H3,(H,29,32)(H,33,34)(H2,28,30,31). The van der Waals surface area contributed by atoms with E-state index >= 15 is 0 Å². The summed E-state index contributed by atoms with van der Waals surface area (Å²) in [5.74, 6) is 0.475. The van der Waals surface area contributed by atoms with E-state index in [4.69, 9.17) is 10.5 Å². The molecule has 0 bridgehead atoms. The van der Waals surface area contributed by atoms with Crippen LogP contribution in [0.4, 0.5) is 27.4 Å². The van der Waals surface area contributed by atoms with Crippen LogP contribution in [0.5, 0.6) is 5.75 Å². The highest BCUT2D eigenvalue weighted by Crippen LogP contribution is 2.34. The Balaban J connectivity index is 1.55. The van der Waals surface area contributed by atoms with Gasteiger partial charge in [0.15, 0.2) is 0 Å². The number of para-hydroxylation sites is 1. The summed E-state index contributed by atoms with van der Waals surface area (Å²) in [6.07, 6.45) is 2.93. The molecule has 0 fully saturated rings. The fourth-order valence-electron chi connectivity index (χ4n) is 3.96. The summed E-state index contributed by atoms with van der Waals surface area (Å²) in [4.78, 5) is 26.0. The van der Waals surface area contributed by atoms with Crippen molar-refractivity contribution in [3.05, 3.63) is 84.1 Å². The Labute approximate surface area is 200 Å². The predicted molar refractivity (Wildman–Crippen MR) is 135 cm³/mol. The van der Waals surface area contributed by atoms with E-state index in [1.807, 2.05) is 19.1 Å². The number of carbonyl (C=O) groups excluding carboxylic acids is 1. The van der Waals surface area contributed by atoms with Gasteiger partial charge in [0.2, 0.25) is 0 Å². The largest absolute Gasteiger partial charge is 0.497 e. The quantitative estimate of drug-likeness (QED) is 0.324. The number of nitrogens with zero attached hydrogens (tertiary/aromatic N) is 3. The van der Waals surface area contributed by atoms with Gasteiger partial charge in [-0.1, -0.05) is 18.2 Å². The number of hydrogen-bond acceptors (Lipinski definition) is 7. The lowest BCUT2D eigenvalue weighted by molar-refractivity contribution is 0.102. The Morgan fingerprint density at radius 1 is 1.00 bits per heavy atom. The minimum atomic E-state index is -0.442. The maximum Gasteiger partial charge on any atom is 0.257 e. The van der Waals surface area contributed by atoms with Crippen LogP contribution in [0.3, 0.4) is 0 Å². The molecule has 0 saturated carbocycles. The fourth-order valence-corrected chi connectivity index (χ4v) is 3.96. The van der Waals surface area contributed by atoms with Crippen LogP contribution in [-0.4, -0.2) is 28.0 Å². The van der Waals surface area contributed by atoms with Gasteiger partial charge in [0.1, 0.15) is 29.5 Å². The van der Waals surface area contributed by atoms with Gasteiger partial charge in [-0.05, 0) is 42.8 Å². The lowest BCUT2D eigenvalue weighted by Crippen LogP contribution is -2.14. The van der Waals surface area contributed by atoms with Crippen LogP contribution >= 0.6 is 0 Å². The fraction of sp³-hybridized carbons (Fsp3) is 0.0769. The zero-order chi connectivity index (χ0) is 24.5. The highest BCUT2D eigenvalue weighted by molar-refractivity contribution is 6.16. The number of carbonyl (C=O) groups is 1. The molecule has 0 radical (unpaired) electrons. The van der Waals surface area contributed by atoms with E-state index in [9.17, 15) is 9.18 Å². The Morgan fingerprint density at radius 3 is 2.69 bits per heavy atom. The Hall–Kier alpha value is -4.79. The first kappa shape index (κ1) is 22.0. The molecule has 2 aromatic heterocycles. The van der Waals surface area contributed by atoms with Gasteiger partial charge in [-0.15, -0.1) is 0 Å². The third-order valence-corrected chi connectivity index (χ3v) is 5.76. The average Bonchev–Trinajstić information content (AvgIpc) is 2.87. The summed E-state index contributed by atoms with van der Waals surface area (Å²) in [6, 6.07) is 15.2. The van der Waals surface area contributed by atoms with E-state index in [0.717, 1.165) is 10.9 Å². The van der Waals surface area contributed by atoms with Crippen molar-refractivity contribution in [2.24, 2.45) is 0 Å². The SMILES string of the molecule is COc1ccc(F)c(Nc2nccc3c(NC(=O)c4cccc5c(N)ncnc45)c(C)ccc23)c1. The number of anilines is 4. The molecular formula is C26H21FN6O2. The number of rotatable bonds is 5. The summed E-state index contributed by atoms with van der Waals surface area (Å²) >= 11 is 0. The molecule has 174 valence electrons. The summed E-state index contributed by atoms with van der Waals surface area (Å²) in [6.45, 7) is 1.90. The van der Waals surface area contributed by atoms with Gasteiger partial charge < -0.3 is 21.1 Å². The molecule has 2 heterocycles. The van der Waals surface area contributed by atoms with Gasteiger partial charge in [-0.2, -0.15) is 0 Å². The minimum absolute atomic E-state index is 0.225. The van der Waals surface area contributed by atoms with Crippen molar-refractivity contribution in [3.63, 3.8) is 0 Å². The predicted octanol–water partition coefficient (Wildman–Crippen LogP) is 5.21. The molecule has 0 aliphatic rings. The number of nitrogens with two attached hydrogens (primary N) is 1. The van der Waals surface area contributed by atoms with E-state index in [-0.39, 0.29) is 11.6 Å². The number of amides is 1. The number of fused-ring (bicyclic) bond motifs is 2. The number of methoxy groups -OCH3 is 1. The van der Waals surface area contributed by atoms with Gasteiger partial charge in [0.05, 0.1) is 29.6 Å². The molecule has 5 aromatic rings. The molecule has 5 rings (SSSR count). The zero-order valence-corrected chi connectivity index (χ0v) is 19.0. The van der Waals surface area contributed by atoms with E-state index in [0.29, 0.717) is 44.9 Å². The number of aryl methyl sites for hydroxylation is 1. The van der Waals surface area contributed by atoms with Crippen molar-refractivity contribution in [3.8, 4) is 5.75 Å². The van der Waals surface area contributed by atoms with Crippen LogP contribution in [0.1, 0.15) is 15.9 Å². The number of halogens is 1. The van der Waals surface area contributed by atoms with Crippen molar-refractivity contribution < 1.29 is 13.9 Å². The van der Waals surface area contributed by atoms with Crippen molar-refractivity contribution >= 4 is 50.6 Å². The molecule has 9 heteroatoms. The van der Waals surface area contributed by atoms with E-state index in [2.05, 4.69) is 25.6 Å². The maximum absolute atomic E-state index is 14.4. The second-order valence-electron chi connectivity index (χ2n) is 7.90. The normalized spacial score (nSPS) is 10.9. The Morgan fingerprint density at radius 2 is 1.86 bits per heavy atom. The highest BCUT2D eigenvalue weighted by Gasteiger charge is 2.17. The summed E-state index contributed by atoms with van der Waals surface area (Å²) in [5, 5.41) is 8.11. The van der Waals surface area contributed by atoms with Crippen LogP contribution in [-0.2, 0) is 0 Å². The minimum Gasteiger partial charge on any atom is -0.497 e. The second-order valence-corrected chi connectivity index (χ2v) is 7.90. The Bertz CT molecular complexity index is 1600. The molecule has 0 spiro atoms. The molecule has 0 saturated heterocycles. The molecule has 0 unspecified atom stereocenters. The van der Waals surface area contributed by atoms with Crippen LogP contribution in [0.15, 0.2) is 67.1 Å². The van der Waals surface area contributed by atoms with E-state index in [1.54, 1.807) is 42.6 Å². The lowest BCUT2D eigenvalue weighted by atomic mass is 10.0. The molecule has 8 nitrogen and oxygen atoms in total. The molecule has 0 aliphatic carbocycles. The molecule has 0 atom stereocenters. The maximum atomic E-state index is 14.4. The highest BCUT2D eigenvalue weighted by atomic mass is 19.1. The van der Waals surface area contributed by atoms with Crippen LogP contribution < -0.4 is 21.1 Å². The topological polar surface area (TPSA) is 115 Å². The number of nitrogen functional groups attached to an aromatic ring is 1. The molecule has 4 N–H and O–H groups in total.